The summed E-state index contributed by atoms with van der Waals surface area (Å²) in [5.74, 6) is -0.832. The van der Waals surface area contributed by atoms with E-state index in [4.69, 9.17) is 41.7 Å². The number of halogens is 2. The van der Waals surface area contributed by atoms with E-state index in [0.717, 1.165) is 11.8 Å². The van der Waals surface area contributed by atoms with Crippen molar-refractivity contribution in [2.75, 3.05) is 28.4 Å². The highest BCUT2D eigenvalue weighted by molar-refractivity contribution is 7.99. The van der Waals surface area contributed by atoms with Crippen LogP contribution in [0, 0.1) is 0 Å². The predicted molar refractivity (Wildman–Crippen MR) is 133 cm³/mol. The molecule has 0 aliphatic carbocycles. The van der Waals surface area contributed by atoms with Gasteiger partial charge in [-0.2, -0.15) is 9.97 Å². The normalized spacial score (nSPS) is 11.4. The maximum atomic E-state index is 13.0. The van der Waals surface area contributed by atoms with Crippen molar-refractivity contribution in [3.63, 3.8) is 0 Å². The summed E-state index contributed by atoms with van der Waals surface area (Å²) in [6, 6.07) is 9.97. The number of methoxy groups -OCH3 is 2. The molecule has 0 bridgehead atoms. The van der Waals surface area contributed by atoms with E-state index in [0.29, 0.717) is 16.1 Å². The number of benzene rings is 2. The van der Waals surface area contributed by atoms with Crippen LogP contribution in [0.1, 0.15) is 15.9 Å². The Hall–Kier alpha value is -2.33. The first kappa shape index (κ1) is 27.3. The van der Waals surface area contributed by atoms with Crippen LogP contribution in [-0.4, -0.2) is 49.5 Å². The molecule has 0 aliphatic heterocycles. The van der Waals surface area contributed by atoms with Crippen LogP contribution in [0.3, 0.4) is 0 Å². The van der Waals surface area contributed by atoms with Gasteiger partial charge in [0.05, 0.1) is 37.0 Å². The van der Waals surface area contributed by atoms with Crippen molar-refractivity contribution in [3.05, 3.63) is 57.6 Å². The second kappa shape index (κ2) is 11.6. The van der Waals surface area contributed by atoms with Gasteiger partial charge in [0.15, 0.2) is 5.16 Å². The summed E-state index contributed by atoms with van der Waals surface area (Å²) in [4.78, 5) is 21.1. The molecule has 0 atom stereocenters. The molecule has 2 aromatic carbocycles. The van der Waals surface area contributed by atoms with Gasteiger partial charge in [-0.15, -0.1) is 0 Å². The van der Waals surface area contributed by atoms with Crippen molar-refractivity contribution in [3.8, 4) is 22.9 Å². The van der Waals surface area contributed by atoms with E-state index in [1.54, 1.807) is 30.3 Å². The quantitative estimate of drug-likeness (QED) is 0.224. The smallest absolute Gasteiger partial charge is 0.338 e. The van der Waals surface area contributed by atoms with Crippen LogP contribution in [0.5, 0.6) is 11.8 Å². The van der Waals surface area contributed by atoms with E-state index in [1.807, 2.05) is 0 Å². The van der Waals surface area contributed by atoms with Crippen LogP contribution in [0.15, 0.2) is 46.5 Å². The summed E-state index contributed by atoms with van der Waals surface area (Å²) in [6.45, 7) is 0. The van der Waals surface area contributed by atoms with Crippen molar-refractivity contribution in [2.24, 2.45) is 0 Å². The Morgan fingerprint density at radius 1 is 1.03 bits per heavy atom. The molecule has 0 spiro atoms. The second-order valence-electron chi connectivity index (χ2n) is 6.88. The third kappa shape index (κ3) is 6.27. The fourth-order valence-corrected chi connectivity index (χ4v) is 5.90. The molecule has 0 saturated heterocycles. The van der Waals surface area contributed by atoms with Gasteiger partial charge in [0, 0.05) is 24.1 Å². The topological polar surface area (TPSA) is 117 Å². The van der Waals surface area contributed by atoms with E-state index in [2.05, 4.69) is 9.97 Å². The average Bonchev–Trinajstić information content (AvgIpc) is 2.84. The predicted octanol–water partition coefficient (Wildman–Crippen LogP) is 6.30. The number of ether oxygens (including phenoxy) is 2. The van der Waals surface area contributed by atoms with Crippen LogP contribution in [0.2, 0.25) is 10.0 Å². The van der Waals surface area contributed by atoms with E-state index in [9.17, 15) is 14.5 Å². The van der Waals surface area contributed by atoms with Gasteiger partial charge in [0.2, 0.25) is 11.8 Å². The molecule has 0 aliphatic rings. The first-order valence-electron chi connectivity index (χ1n) is 9.84. The summed E-state index contributed by atoms with van der Waals surface area (Å²) < 4.78 is 33.5. The molecule has 0 amide bonds. The molecule has 0 radical (unpaired) electrons. The minimum absolute atomic E-state index is 0.123. The molecule has 1 heterocycles. The monoisotopic (exact) mass is 558 g/mol. The first-order valence-corrected chi connectivity index (χ1v) is 13.1. The Morgan fingerprint density at radius 2 is 1.66 bits per heavy atom. The van der Waals surface area contributed by atoms with Gasteiger partial charge in [-0.05, 0) is 46.7 Å². The van der Waals surface area contributed by atoms with Crippen molar-refractivity contribution < 1.29 is 33.0 Å². The van der Waals surface area contributed by atoms with E-state index >= 15 is 0 Å². The fraction of sp³-hybridized carbons (Fsp3) is 0.227. The maximum absolute atomic E-state index is 13.0. The molecule has 1 N–H and O–H groups in total. The van der Waals surface area contributed by atoms with Gasteiger partial charge < -0.3 is 23.6 Å². The fourth-order valence-electron chi connectivity index (χ4n) is 3.15. The molecule has 9 nitrogen and oxygen atoms in total. The molecule has 3 aromatic rings. The number of nitrogens with zero attached hydrogens (tertiary/aromatic N) is 2. The summed E-state index contributed by atoms with van der Waals surface area (Å²) in [7, 11) is 1.74. The number of carbonyl (C=O) groups is 1. The van der Waals surface area contributed by atoms with Gasteiger partial charge >= 0.3 is 13.6 Å². The van der Waals surface area contributed by atoms with Crippen LogP contribution >= 0.6 is 42.6 Å². The molecule has 0 fully saturated rings. The van der Waals surface area contributed by atoms with E-state index < -0.39 is 13.6 Å². The van der Waals surface area contributed by atoms with E-state index in [1.165, 1.54) is 34.5 Å². The lowest BCUT2D eigenvalue weighted by Crippen LogP contribution is -2.07. The van der Waals surface area contributed by atoms with Crippen molar-refractivity contribution in [2.45, 2.75) is 16.2 Å². The van der Waals surface area contributed by atoms with Gasteiger partial charge in [-0.25, -0.2) is 4.79 Å². The lowest BCUT2D eigenvalue weighted by Gasteiger charge is -2.20. The zero-order valence-corrected chi connectivity index (χ0v) is 22.3. The first-order chi connectivity index (χ1) is 16.6. The van der Waals surface area contributed by atoms with Gasteiger partial charge in [0.25, 0.3) is 0 Å². The molecule has 0 saturated carbocycles. The van der Waals surface area contributed by atoms with E-state index in [-0.39, 0.29) is 44.1 Å². The standard InChI is InChI=1S/C22H21Cl2N2O7PS/c1-30-17-10-18(31-2)26-22(25-17)35-16-9-14(12-6-5-7-13(23)8-12)15(11-34(29,32-3)33-4)20(24)19(16)21(27)28/h5-10H,11H2,1-4H3,(H,27,28). The van der Waals surface area contributed by atoms with Crippen LogP contribution < -0.4 is 9.47 Å². The third-order valence-electron chi connectivity index (χ3n) is 4.87. The Kier molecular flexibility index (Phi) is 9.04. The highest BCUT2D eigenvalue weighted by Gasteiger charge is 2.30. The van der Waals surface area contributed by atoms with Gasteiger partial charge in [-0.3, -0.25) is 4.57 Å². The third-order valence-corrected chi connectivity index (χ3v) is 8.24. The molecular weight excluding hydrogens is 538 g/mol. The number of carboxylic acid groups (broad SMARTS) is 1. The Balaban J connectivity index is 2.29. The average molecular weight is 559 g/mol. The number of aromatic carboxylic acids is 1. The summed E-state index contributed by atoms with van der Waals surface area (Å²) in [5, 5.41) is 10.5. The van der Waals surface area contributed by atoms with Gasteiger partial charge in [-0.1, -0.05) is 35.3 Å². The minimum Gasteiger partial charge on any atom is -0.481 e. The molecule has 186 valence electrons. The second-order valence-corrected chi connectivity index (χ2v) is 11.0. The zero-order chi connectivity index (χ0) is 25.8. The zero-order valence-electron chi connectivity index (χ0n) is 19.1. The highest BCUT2D eigenvalue weighted by atomic mass is 35.5. The summed E-state index contributed by atoms with van der Waals surface area (Å²) >= 11 is 13.8. The minimum atomic E-state index is -3.62. The number of carboxylic acids is 1. The number of aromatic nitrogens is 2. The molecule has 13 heteroatoms. The SMILES string of the molecule is COc1cc(OC)nc(Sc2cc(-c3cccc(Cl)c3)c(CP(=O)(OC)OC)c(Cl)c2C(=O)O)n1. The highest BCUT2D eigenvalue weighted by Crippen LogP contribution is 2.53. The van der Waals surface area contributed by atoms with Crippen LogP contribution in [0.25, 0.3) is 11.1 Å². The molecule has 1 aromatic heterocycles. The van der Waals surface area contributed by atoms with Crippen molar-refractivity contribution >= 4 is 48.5 Å². The maximum Gasteiger partial charge on any atom is 0.338 e. The molecule has 35 heavy (non-hydrogen) atoms. The van der Waals surface area contributed by atoms with Gasteiger partial charge in [0.1, 0.15) is 0 Å². The van der Waals surface area contributed by atoms with Crippen LogP contribution in [0.4, 0.5) is 0 Å². The Labute approximate surface area is 216 Å². The van der Waals surface area contributed by atoms with Crippen LogP contribution in [-0.2, 0) is 19.8 Å². The lowest BCUT2D eigenvalue weighted by molar-refractivity contribution is 0.0693. The Morgan fingerprint density at radius 3 is 2.17 bits per heavy atom. The van der Waals surface area contributed by atoms with Crippen molar-refractivity contribution in [1.29, 1.82) is 0 Å². The summed E-state index contributed by atoms with van der Waals surface area (Å²) in [5.41, 5.74) is 1.17. The molecular formula is C22H21Cl2N2O7PS. The Bertz CT molecular complexity index is 1280. The lowest BCUT2D eigenvalue weighted by atomic mass is 9.98. The van der Waals surface area contributed by atoms with Crippen molar-refractivity contribution in [1.82, 2.24) is 9.97 Å². The number of hydrogen-bond donors (Lipinski definition) is 1. The molecule has 0 unspecified atom stereocenters. The number of rotatable bonds is 10. The number of hydrogen-bond acceptors (Lipinski definition) is 9. The molecule has 3 rings (SSSR count). The largest absolute Gasteiger partial charge is 0.481 e. The summed E-state index contributed by atoms with van der Waals surface area (Å²) in [6.07, 6.45) is -0.268.